The normalized spacial score (nSPS) is 26.3. The van der Waals surface area contributed by atoms with Gasteiger partial charge in [0.1, 0.15) is 0 Å². The van der Waals surface area contributed by atoms with Crippen LogP contribution >= 0.6 is 0 Å². The molecule has 30 heavy (non-hydrogen) atoms. The highest BCUT2D eigenvalue weighted by atomic mass is 32.2. The second-order valence-corrected chi connectivity index (χ2v) is 10.2. The maximum absolute atomic E-state index is 13.3. The van der Waals surface area contributed by atoms with E-state index in [2.05, 4.69) is 16.2 Å². The second kappa shape index (κ2) is 7.42. The highest BCUT2D eigenvalue weighted by Crippen LogP contribution is 2.40. The van der Waals surface area contributed by atoms with Crippen LogP contribution in [0.4, 0.5) is 13.2 Å². The Morgan fingerprint density at radius 2 is 2.00 bits per heavy atom. The van der Waals surface area contributed by atoms with E-state index in [0.29, 0.717) is 24.5 Å². The Morgan fingerprint density at radius 3 is 2.67 bits per heavy atom. The Hall–Kier alpha value is -2.33. The first kappa shape index (κ1) is 20.9. The third kappa shape index (κ3) is 3.74. The lowest BCUT2D eigenvalue weighted by Gasteiger charge is -2.24. The summed E-state index contributed by atoms with van der Waals surface area (Å²) in [5.74, 6) is 3.39. The second-order valence-electron chi connectivity index (χ2n) is 7.99. The molecule has 2 aliphatic rings. The van der Waals surface area contributed by atoms with E-state index < -0.39 is 27.4 Å². The largest absolute Gasteiger partial charge is 0.417 e. The number of fused-ring (bicyclic) bond motifs is 1. The van der Waals surface area contributed by atoms with Crippen molar-refractivity contribution in [3.63, 3.8) is 0 Å². The topological polar surface area (TPSA) is 67.2 Å². The molecule has 1 amide bonds. The van der Waals surface area contributed by atoms with E-state index in [1.54, 1.807) is 28.4 Å². The van der Waals surface area contributed by atoms with Crippen LogP contribution in [0.25, 0.3) is 0 Å². The number of hydrogen-bond acceptors (Lipinski definition) is 3. The van der Waals surface area contributed by atoms with Gasteiger partial charge in [0.25, 0.3) is 5.91 Å². The fraction of sp³-hybridized carbons (Fsp3) is 0.450. The molecule has 4 rings (SSSR count). The zero-order valence-corrected chi connectivity index (χ0v) is 17.2. The van der Waals surface area contributed by atoms with Crippen molar-refractivity contribution >= 4 is 21.5 Å². The lowest BCUT2D eigenvalue weighted by Crippen LogP contribution is -2.41. The molecular formula is C20H23F3N4O2S. The van der Waals surface area contributed by atoms with Crippen LogP contribution in [0.5, 0.6) is 0 Å². The highest BCUT2D eigenvalue weighted by molar-refractivity contribution is 7.98. The minimum absolute atomic E-state index is 0.0123. The van der Waals surface area contributed by atoms with Crippen molar-refractivity contribution in [3.8, 4) is 0 Å². The minimum atomic E-state index is -4.60. The van der Waals surface area contributed by atoms with E-state index in [1.807, 2.05) is 0 Å². The van der Waals surface area contributed by atoms with Gasteiger partial charge in [-0.05, 0) is 42.7 Å². The highest BCUT2D eigenvalue weighted by Gasteiger charge is 2.46. The zero-order valence-electron chi connectivity index (χ0n) is 16.4. The summed E-state index contributed by atoms with van der Waals surface area (Å²) in [5, 5.41) is 3.20. The molecule has 10 heteroatoms. The Morgan fingerprint density at radius 1 is 1.27 bits per heavy atom. The number of aryl methyl sites for hydroxylation is 1. The quantitative estimate of drug-likeness (QED) is 0.744. The molecule has 2 aromatic rings. The van der Waals surface area contributed by atoms with Gasteiger partial charge in [0.2, 0.25) is 0 Å². The Labute approximate surface area is 173 Å². The molecule has 4 atom stereocenters. The molecule has 6 nitrogen and oxygen atoms in total. The molecule has 0 radical (unpaired) electrons. The van der Waals surface area contributed by atoms with Crippen LogP contribution in [0.15, 0.2) is 41.8 Å². The van der Waals surface area contributed by atoms with E-state index in [1.165, 1.54) is 18.2 Å². The summed E-state index contributed by atoms with van der Waals surface area (Å²) in [6.07, 6.45) is 0.142. The molecule has 1 aromatic carbocycles. The van der Waals surface area contributed by atoms with Crippen LogP contribution in [0.2, 0.25) is 0 Å². The Bertz CT molecular complexity index is 1060. The van der Waals surface area contributed by atoms with Gasteiger partial charge in [0.15, 0.2) is 5.03 Å². The number of imidazole rings is 1. The molecule has 1 saturated carbocycles. The maximum Gasteiger partial charge on any atom is 0.417 e. The molecule has 0 spiro atoms. The number of amides is 1. The standard InChI is InChI=1S/C20H23F3N4O2S/c1-26-11-18(24-12-26)30(2,29)27-9-13-7-8-17(15(13)10-27)25-19(28)14-5-3-4-6-16(14)20(21,22)23/h3-6,11-13,15,17H,2,7-10H2,1H3,(H,25,28). The number of carbonyl (C=O) groups excluding carboxylic acids is 1. The summed E-state index contributed by atoms with van der Waals surface area (Å²) in [6, 6.07) is 4.52. The third-order valence-corrected chi connectivity index (χ3v) is 8.04. The number of alkyl halides is 3. The minimum Gasteiger partial charge on any atom is -0.349 e. The molecule has 2 fully saturated rings. The van der Waals surface area contributed by atoms with Crippen molar-refractivity contribution in [1.29, 1.82) is 0 Å². The van der Waals surface area contributed by atoms with Gasteiger partial charge in [0, 0.05) is 32.4 Å². The molecule has 0 bridgehead atoms. The van der Waals surface area contributed by atoms with Gasteiger partial charge in [-0.1, -0.05) is 12.1 Å². The summed E-state index contributed by atoms with van der Waals surface area (Å²) in [7, 11) is -0.963. The number of halogens is 3. The monoisotopic (exact) mass is 440 g/mol. The number of hydrogen-bond donors (Lipinski definition) is 1. The maximum atomic E-state index is 13.3. The average Bonchev–Trinajstić information content (AvgIpc) is 3.38. The lowest BCUT2D eigenvalue weighted by atomic mass is 9.97. The third-order valence-electron chi connectivity index (χ3n) is 6.04. The van der Waals surface area contributed by atoms with Crippen molar-refractivity contribution in [1.82, 2.24) is 19.2 Å². The van der Waals surface area contributed by atoms with Crippen molar-refractivity contribution in [2.24, 2.45) is 18.9 Å². The van der Waals surface area contributed by atoms with Gasteiger partial charge in [-0.25, -0.2) is 13.5 Å². The summed E-state index contributed by atoms with van der Waals surface area (Å²) in [5.41, 5.74) is -1.32. The van der Waals surface area contributed by atoms with Crippen LogP contribution in [-0.4, -0.2) is 49.0 Å². The number of rotatable bonds is 4. The first-order valence-corrected chi connectivity index (χ1v) is 11.3. The first-order chi connectivity index (χ1) is 14.1. The van der Waals surface area contributed by atoms with E-state index in [0.717, 1.165) is 12.5 Å². The van der Waals surface area contributed by atoms with Gasteiger partial charge in [-0.15, -0.1) is 0 Å². The molecule has 162 valence electrons. The summed E-state index contributed by atoms with van der Waals surface area (Å²) < 4.78 is 56.5. The Balaban J connectivity index is 1.49. The zero-order chi connectivity index (χ0) is 21.7. The van der Waals surface area contributed by atoms with Crippen LogP contribution < -0.4 is 5.32 Å². The SMILES string of the molecule is C=S(=O)(c1cn(C)cn1)N1CC2CCC(NC(=O)c3ccccc3C(F)(F)F)C2C1. The molecule has 1 saturated heterocycles. The predicted molar refractivity (Wildman–Crippen MR) is 107 cm³/mol. The van der Waals surface area contributed by atoms with E-state index in [4.69, 9.17) is 0 Å². The molecule has 1 aromatic heterocycles. The summed E-state index contributed by atoms with van der Waals surface area (Å²) >= 11 is 0. The van der Waals surface area contributed by atoms with Crippen LogP contribution in [-0.2, 0) is 22.9 Å². The van der Waals surface area contributed by atoms with E-state index in [-0.39, 0.29) is 23.4 Å². The van der Waals surface area contributed by atoms with Gasteiger partial charge in [-0.3, -0.25) is 4.79 Å². The van der Waals surface area contributed by atoms with Crippen molar-refractivity contribution < 1.29 is 22.2 Å². The lowest BCUT2D eigenvalue weighted by molar-refractivity contribution is -0.137. The average molecular weight is 440 g/mol. The molecular weight excluding hydrogens is 417 g/mol. The van der Waals surface area contributed by atoms with Crippen molar-refractivity contribution in [2.45, 2.75) is 30.1 Å². The Kier molecular flexibility index (Phi) is 5.17. The number of nitrogens with one attached hydrogen (secondary N) is 1. The van der Waals surface area contributed by atoms with Crippen LogP contribution in [0.3, 0.4) is 0 Å². The summed E-state index contributed by atoms with van der Waals surface area (Å²) in [6.45, 7) is 1.02. The van der Waals surface area contributed by atoms with Crippen molar-refractivity contribution in [2.75, 3.05) is 13.1 Å². The summed E-state index contributed by atoms with van der Waals surface area (Å²) in [4.78, 5) is 16.8. The van der Waals surface area contributed by atoms with E-state index >= 15 is 0 Å². The molecule has 1 aliphatic heterocycles. The van der Waals surface area contributed by atoms with Crippen LogP contribution in [0.1, 0.15) is 28.8 Å². The predicted octanol–water partition coefficient (Wildman–Crippen LogP) is 2.57. The van der Waals surface area contributed by atoms with E-state index in [9.17, 15) is 22.2 Å². The molecule has 4 unspecified atom stereocenters. The van der Waals surface area contributed by atoms with Crippen molar-refractivity contribution in [3.05, 3.63) is 47.9 Å². The number of aromatic nitrogens is 2. The number of nitrogens with zero attached hydrogens (tertiary/aromatic N) is 3. The molecule has 1 N–H and O–H groups in total. The fourth-order valence-electron chi connectivity index (χ4n) is 4.50. The number of benzene rings is 1. The number of carbonyl (C=O) groups is 1. The first-order valence-electron chi connectivity index (χ1n) is 9.65. The molecule has 2 heterocycles. The van der Waals surface area contributed by atoms with Gasteiger partial charge < -0.3 is 9.88 Å². The van der Waals surface area contributed by atoms with Gasteiger partial charge >= 0.3 is 6.18 Å². The molecule has 1 aliphatic carbocycles. The van der Waals surface area contributed by atoms with Gasteiger partial charge in [-0.2, -0.15) is 13.2 Å². The van der Waals surface area contributed by atoms with Gasteiger partial charge in [0.05, 0.1) is 27.2 Å². The fourth-order valence-corrected chi connectivity index (χ4v) is 6.16. The smallest absolute Gasteiger partial charge is 0.349 e. The van der Waals surface area contributed by atoms with Crippen LogP contribution in [0, 0.1) is 11.8 Å².